The molecule has 1 atom stereocenters. The molecule has 33 heavy (non-hydrogen) atoms. The number of anilines is 2. The van der Waals surface area contributed by atoms with Crippen molar-refractivity contribution in [1.29, 1.82) is 0 Å². The zero-order valence-electron chi connectivity index (χ0n) is 19.8. The van der Waals surface area contributed by atoms with Gasteiger partial charge in [-0.1, -0.05) is 24.3 Å². The Hall–Kier alpha value is -3.52. The first kappa shape index (κ1) is 24.1. The number of nitrogen functional groups attached to an aromatic ring is 1. The molecule has 0 amide bonds. The van der Waals surface area contributed by atoms with Crippen molar-refractivity contribution >= 4 is 22.9 Å². The number of halogens is 1. The summed E-state index contributed by atoms with van der Waals surface area (Å²) in [6, 6.07) is 14.1. The molecule has 0 saturated heterocycles. The molecule has 3 aromatic rings. The predicted octanol–water partition coefficient (Wildman–Crippen LogP) is 4.44. The fourth-order valence-corrected chi connectivity index (χ4v) is 3.65. The number of ether oxygens (including phenoxy) is 1. The van der Waals surface area contributed by atoms with Crippen LogP contribution in [0.25, 0.3) is 0 Å². The van der Waals surface area contributed by atoms with Crippen LogP contribution in [0.5, 0.6) is 5.75 Å². The Kier molecular flexibility index (Phi) is 7.95. The number of hydrogen-bond acceptors (Lipinski definition) is 7. The van der Waals surface area contributed by atoms with Crippen molar-refractivity contribution in [3.8, 4) is 5.75 Å². The fraction of sp³-hybridized carbons (Fsp3) is 0.320. The van der Waals surface area contributed by atoms with E-state index in [0.29, 0.717) is 47.2 Å². The Morgan fingerprint density at radius 2 is 1.94 bits per heavy atom. The first-order valence-corrected chi connectivity index (χ1v) is 10.8. The average molecular weight is 451 g/mol. The van der Waals surface area contributed by atoms with Gasteiger partial charge >= 0.3 is 0 Å². The second-order valence-electron chi connectivity index (χ2n) is 8.01. The van der Waals surface area contributed by atoms with Gasteiger partial charge in [0.1, 0.15) is 17.7 Å². The molecule has 0 aliphatic heterocycles. The van der Waals surface area contributed by atoms with Crippen molar-refractivity contribution in [3.05, 3.63) is 71.2 Å². The van der Waals surface area contributed by atoms with E-state index in [-0.39, 0.29) is 5.82 Å². The van der Waals surface area contributed by atoms with E-state index in [0.717, 1.165) is 11.3 Å². The maximum Gasteiger partial charge on any atom is 0.174 e. The molecule has 2 aromatic carbocycles. The number of hydrogen-bond donors (Lipinski definition) is 2. The zero-order chi connectivity index (χ0) is 24.0. The van der Waals surface area contributed by atoms with E-state index in [4.69, 9.17) is 15.5 Å². The van der Waals surface area contributed by atoms with Crippen LogP contribution in [0.2, 0.25) is 0 Å². The number of aryl methyl sites for hydroxylation is 1. The molecule has 1 heterocycles. The van der Waals surface area contributed by atoms with E-state index >= 15 is 0 Å². The van der Waals surface area contributed by atoms with Gasteiger partial charge < -0.3 is 20.7 Å². The van der Waals surface area contributed by atoms with Gasteiger partial charge in [-0.2, -0.15) is 5.10 Å². The van der Waals surface area contributed by atoms with E-state index in [1.54, 1.807) is 12.1 Å². The lowest BCUT2D eigenvalue weighted by molar-refractivity contribution is 0.190. The average Bonchev–Trinajstić information content (AvgIpc) is 2.77. The van der Waals surface area contributed by atoms with Crippen LogP contribution in [0.3, 0.4) is 0 Å². The van der Waals surface area contributed by atoms with E-state index in [1.165, 1.54) is 6.07 Å². The summed E-state index contributed by atoms with van der Waals surface area (Å²) < 4.78 is 20.6. The highest BCUT2D eigenvalue weighted by Crippen LogP contribution is 2.30. The first-order valence-electron chi connectivity index (χ1n) is 10.8. The number of nitrogens with one attached hydrogen (secondary N) is 1. The lowest BCUT2D eigenvalue weighted by Gasteiger charge is -2.20. The standard InChI is InChI=1S/C25H31FN6O/c1-16(23-17(2)30-31-25(24(23)27)32(4)5)29-18-9-8-10-19(15-18)33-22(13-14-28-3)20-11-6-7-12-21(20)26/h6-12,15,22,28H,13-14H2,1-5H3,(H2,27,30). The van der Waals surface area contributed by atoms with Crippen LogP contribution >= 0.6 is 0 Å². The highest BCUT2D eigenvalue weighted by molar-refractivity contribution is 6.06. The second-order valence-corrected chi connectivity index (χ2v) is 8.01. The SMILES string of the molecule is CNCCC(Oc1cccc(N=C(C)c2c(C)nnc(N(C)C)c2N)c1)c1ccccc1F. The van der Waals surface area contributed by atoms with Crippen LogP contribution in [-0.2, 0) is 0 Å². The van der Waals surface area contributed by atoms with Gasteiger partial charge in [0, 0.05) is 43.4 Å². The normalized spacial score (nSPS) is 12.5. The summed E-state index contributed by atoms with van der Waals surface area (Å²) in [5.74, 6) is 0.927. The number of nitrogens with two attached hydrogens (primary N) is 1. The molecule has 1 aromatic heterocycles. The number of rotatable bonds is 9. The lowest BCUT2D eigenvalue weighted by atomic mass is 10.1. The van der Waals surface area contributed by atoms with Crippen molar-refractivity contribution in [2.24, 2.45) is 4.99 Å². The number of aromatic nitrogens is 2. The number of nitrogens with zero attached hydrogens (tertiary/aromatic N) is 4. The maximum atomic E-state index is 14.4. The van der Waals surface area contributed by atoms with Crippen LogP contribution in [-0.4, -0.2) is 43.6 Å². The molecule has 0 radical (unpaired) electrons. The molecule has 0 aliphatic rings. The summed E-state index contributed by atoms with van der Waals surface area (Å²) in [5.41, 5.74) is 10.3. The summed E-state index contributed by atoms with van der Waals surface area (Å²) in [6.07, 6.45) is 0.194. The smallest absolute Gasteiger partial charge is 0.174 e. The third kappa shape index (κ3) is 5.84. The minimum Gasteiger partial charge on any atom is -0.486 e. The first-order chi connectivity index (χ1) is 15.8. The molecule has 0 bridgehead atoms. The molecule has 3 rings (SSSR count). The maximum absolute atomic E-state index is 14.4. The topological polar surface area (TPSA) is 88.7 Å². The Bertz CT molecular complexity index is 1130. The van der Waals surface area contributed by atoms with Gasteiger partial charge in [-0.3, -0.25) is 4.99 Å². The summed E-state index contributed by atoms with van der Waals surface area (Å²) in [4.78, 5) is 6.58. The fourth-order valence-electron chi connectivity index (χ4n) is 3.65. The highest BCUT2D eigenvalue weighted by Gasteiger charge is 2.18. The summed E-state index contributed by atoms with van der Waals surface area (Å²) >= 11 is 0. The van der Waals surface area contributed by atoms with Crippen molar-refractivity contribution in [1.82, 2.24) is 15.5 Å². The van der Waals surface area contributed by atoms with Crippen molar-refractivity contribution in [3.63, 3.8) is 0 Å². The van der Waals surface area contributed by atoms with Crippen LogP contribution < -0.4 is 20.7 Å². The van der Waals surface area contributed by atoms with Gasteiger partial charge in [-0.05, 0) is 45.6 Å². The predicted molar refractivity (Wildman–Crippen MR) is 132 cm³/mol. The molecule has 3 N–H and O–H groups in total. The van der Waals surface area contributed by atoms with Gasteiger partial charge in [0.2, 0.25) is 0 Å². The molecule has 7 nitrogen and oxygen atoms in total. The van der Waals surface area contributed by atoms with E-state index in [9.17, 15) is 4.39 Å². The lowest BCUT2D eigenvalue weighted by Crippen LogP contribution is -2.17. The van der Waals surface area contributed by atoms with Gasteiger partial charge in [0.25, 0.3) is 0 Å². The molecule has 8 heteroatoms. The Morgan fingerprint density at radius 3 is 2.64 bits per heavy atom. The van der Waals surface area contributed by atoms with Crippen molar-refractivity contribution in [2.75, 3.05) is 38.3 Å². The minimum atomic E-state index is -0.427. The van der Waals surface area contributed by atoms with Gasteiger partial charge in [-0.15, -0.1) is 5.10 Å². The van der Waals surface area contributed by atoms with Crippen LogP contribution in [0.4, 0.5) is 21.6 Å². The number of aliphatic imine (C=N–C) groups is 1. The van der Waals surface area contributed by atoms with Crippen LogP contribution in [0, 0.1) is 12.7 Å². The Labute approximate surface area is 194 Å². The highest BCUT2D eigenvalue weighted by atomic mass is 19.1. The summed E-state index contributed by atoms with van der Waals surface area (Å²) in [6.45, 7) is 4.44. The van der Waals surface area contributed by atoms with Gasteiger partial charge in [-0.25, -0.2) is 4.39 Å². The molecule has 0 aliphatic carbocycles. The largest absolute Gasteiger partial charge is 0.486 e. The third-order valence-corrected chi connectivity index (χ3v) is 5.25. The molecule has 1 unspecified atom stereocenters. The minimum absolute atomic E-state index is 0.281. The Morgan fingerprint density at radius 1 is 1.18 bits per heavy atom. The molecule has 0 fully saturated rings. The van der Waals surface area contributed by atoms with Crippen LogP contribution in [0.15, 0.2) is 53.5 Å². The summed E-state index contributed by atoms with van der Waals surface area (Å²) in [7, 11) is 5.60. The summed E-state index contributed by atoms with van der Waals surface area (Å²) in [5, 5.41) is 11.5. The monoisotopic (exact) mass is 450 g/mol. The molecule has 0 spiro atoms. The van der Waals surface area contributed by atoms with Crippen molar-refractivity contribution < 1.29 is 9.13 Å². The van der Waals surface area contributed by atoms with Crippen molar-refractivity contribution in [2.45, 2.75) is 26.4 Å². The molecular formula is C25H31FN6O. The van der Waals surface area contributed by atoms with E-state index < -0.39 is 6.10 Å². The zero-order valence-corrected chi connectivity index (χ0v) is 19.8. The second kappa shape index (κ2) is 10.9. The molecular weight excluding hydrogens is 419 g/mol. The van der Waals surface area contributed by atoms with E-state index in [1.807, 2.05) is 70.2 Å². The quantitative estimate of drug-likeness (QED) is 0.469. The molecule has 0 saturated carbocycles. The molecule has 174 valence electrons. The van der Waals surface area contributed by atoms with Gasteiger partial charge in [0.05, 0.1) is 17.1 Å². The van der Waals surface area contributed by atoms with Crippen LogP contribution in [0.1, 0.15) is 36.3 Å². The Balaban J connectivity index is 1.91. The number of benzene rings is 2. The van der Waals surface area contributed by atoms with Gasteiger partial charge in [0.15, 0.2) is 5.82 Å². The van der Waals surface area contributed by atoms with E-state index in [2.05, 4.69) is 15.5 Å². The third-order valence-electron chi connectivity index (χ3n) is 5.25.